The highest BCUT2D eigenvalue weighted by Gasteiger charge is 2.14. The highest BCUT2D eigenvalue weighted by molar-refractivity contribution is 7.99. The lowest BCUT2D eigenvalue weighted by Gasteiger charge is -2.06. The molecule has 6 nitrogen and oxygen atoms in total. The van der Waals surface area contributed by atoms with E-state index in [-0.39, 0.29) is 24.3 Å². The lowest BCUT2D eigenvalue weighted by Crippen LogP contribution is -2.24. The number of benzene rings is 2. The molecule has 4 rings (SSSR count). The third kappa shape index (κ3) is 4.40. The number of ether oxygens (including phenoxy) is 2. The fourth-order valence-corrected chi connectivity index (χ4v) is 3.24. The van der Waals surface area contributed by atoms with Crippen LogP contribution in [0.1, 0.15) is 5.56 Å². The van der Waals surface area contributed by atoms with E-state index in [1.54, 1.807) is 12.1 Å². The molecule has 2 heterocycles. The normalized spacial score (nSPS) is 12.0. The zero-order valence-electron chi connectivity index (χ0n) is 14.7. The molecule has 1 N–H and O–H groups in total. The zero-order chi connectivity index (χ0) is 19.3. The van der Waals surface area contributed by atoms with E-state index in [0.29, 0.717) is 23.0 Å². The van der Waals surface area contributed by atoms with Crippen molar-refractivity contribution < 1.29 is 18.7 Å². The smallest absolute Gasteiger partial charge is 0.231 e. The van der Waals surface area contributed by atoms with Crippen LogP contribution in [0.15, 0.2) is 59.6 Å². The van der Waals surface area contributed by atoms with Gasteiger partial charge in [0.25, 0.3) is 0 Å². The molecule has 0 spiro atoms. The number of carbonyl (C=O) groups is 1. The quantitative estimate of drug-likeness (QED) is 0.643. The first-order chi connectivity index (χ1) is 13.7. The van der Waals surface area contributed by atoms with Crippen molar-refractivity contribution in [1.82, 2.24) is 15.5 Å². The molecule has 0 fully saturated rings. The molecule has 0 aliphatic carbocycles. The summed E-state index contributed by atoms with van der Waals surface area (Å²) in [6, 6.07) is 15.3. The summed E-state index contributed by atoms with van der Waals surface area (Å²) < 4.78 is 23.5. The van der Waals surface area contributed by atoms with Crippen molar-refractivity contribution in [3.8, 4) is 22.8 Å². The second-order valence-electron chi connectivity index (χ2n) is 6.02. The van der Waals surface area contributed by atoms with Gasteiger partial charge in [-0.1, -0.05) is 23.9 Å². The molecule has 0 saturated heterocycles. The van der Waals surface area contributed by atoms with Crippen LogP contribution >= 0.6 is 11.8 Å². The number of aromatic nitrogens is 2. The van der Waals surface area contributed by atoms with Gasteiger partial charge in [-0.2, -0.15) is 0 Å². The maximum absolute atomic E-state index is 12.9. The molecule has 8 heteroatoms. The molecule has 2 aromatic carbocycles. The monoisotopic (exact) mass is 397 g/mol. The van der Waals surface area contributed by atoms with E-state index in [1.165, 1.54) is 23.9 Å². The molecule has 1 amide bonds. The van der Waals surface area contributed by atoms with Gasteiger partial charge in [-0.05, 0) is 48.0 Å². The number of nitrogens with one attached hydrogen (secondary N) is 1. The highest BCUT2D eigenvalue weighted by atomic mass is 32.2. The van der Waals surface area contributed by atoms with Gasteiger partial charge in [0.15, 0.2) is 11.5 Å². The number of halogens is 1. The first kappa shape index (κ1) is 18.2. The molecular formula is C20H16FN3O3S. The maximum Gasteiger partial charge on any atom is 0.231 e. The van der Waals surface area contributed by atoms with Gasteiger partial charge in [-0.3, -0.25) is 4.79 Å². The number of nitrogens with zero attached hydrogens (tertiary/aromatic N) is 2. The van der Waals surface area contributed by atoms with Crippen molar-refractivity contribution >= 4 is 17.7 Å². The van der Waals surface area contributed by atoms with Crippen LogP contribution in [0.25, 0.3) is 11.3 Å². The molecule has 1 aliphatic rings. The molecular weight excluding hydrogens is 381 g/mol. The number of fused-ring (bicyclic) bond motifs is 1. The van der Waals surface area contributed by atoms with Gasteiger partial charge in [0.05, 0.1) is 11.4 Å². The number of rotatable bonds is 6. The topological polar surface area (TPSA) is 73.3 Å². The van der Waals surface area contributed by atoms with E-state index < -0.39 is 0 Å². The predicted molar refractivity (Wildman–Crippen MR) is 103 cm³/mol. The standard InChI is InChI=1S/C20H16FN3O3S/c21-15-4-1-13(2-5-15)10-22-19(25)11-28-20-8-6-16(23-24-20)14-3-7-17-18(9-14)27-12-26-17/h1-9H,10-12H2,(H,22,25). The zero-order valence-corrected chi connectivity index (χ0v) is 15.5. The highest BCUT2D eigenvalue weighted by Crippen LogP contribution is 2.35. The minimum atomic E-state index is -0.298. The number of thioether (sulfide) groups is 1. The van der Waals surface area contributed by atoms with Gasteiger partial charge in [0.2, 0.25) is 12.7 Å². The summed E-state index contributed by atoms with van der Waals surface area (Å²) in [5, 5.41) is 11.8. The van der Waals surface area contributed by atoms with Gasteiger partial charge >= 0.3 is 0 Å². The van der Waals surface area contributed by atoms with Crippen LogP contribution in [0.4, 0.5) is 4.39 Å². The Hall–Kier alpha value is -3.13. The van der Waals surface area contributed by atoms with Crippen molar-refractivity contribution in [2.75, 3.05) is 12.5 Å². The Balaban J connectivity index is 1.29. The molecule has 1 aliphatic heterocycles. The Morgan fingerprint density at radius 3 is 2.64 bits per heavy atom. The fourth-order valence-electron chi connectivity index (χ4n) is 2.60. The van der Waals surface area contributed by atoms with E-state index in [0.717, 1.165) is 16.9 Å². The third-order valence-electron chi connectivity index (χ3n) is 4.06. The average Bonchev–Trinajstić information content (AvgIpc) is 3.20. The maximum atomic E-state index is 12.9. The molecule has 142 valence electrons. The summed E-state index contributed by atoms with van der Waals surface area (Å²) in [7, 11) is 0. The molecule has 1 aromatic heterocycles. The van der Waals surface area contributed by atoms with Crippen LogP contribution < -0.4 is 14.8 Å². The van der Waals surface area contributed by atoms with Crippen molar-refractivity contribution in [3.05, 3.63) is 66.0 Å². The Morgan fingerprint density at radius 2 is 1.86 bits per heavy atom. The van der Waals surface area contributed by atoms with E-state index in [9.17, 15) is 9.18 Å². The largest absolute Gasteiger partial charge is 0.454 e. The molecule has 0 atom stereocenters. The van der Waals surface area contributed by atoms with E-state index in [4.69, 9.17) is 9.47 Å². The van der Waals surface area contributed by atoms with Crippen LogP contribution in [0.2, 0.25) is 0 Å². The summed E-state index contributed by atoms with van der Waals surface area (Å²) in [6.07, 6.45) is 0. The van der Waals surface area contributed by atoms with Crippen LogP contribution in [-0.2, 0) is 11.3 Å². The minimum Gasteiger partial charge on any atom is -0.454 e. The number of carbonyl (C=O) groups excluding carboxylic acids is 1. The van der Waals surface area contributed by atoms with Crippen LogP contribution in [0, 0.1) is 5.82 Å². The average molecular weight is 397 g/mol. The summed E-state index contributed by atoms with van der Waals surface area (Å²) in [5.41, 5.74) is 2.43. The van der Waals surface area contributed by atoms with Crippen molar-refractivity contribution in [2.45, 2.75) is 11.6 Å². The lowest BCUT2D eigenvalue weighted by atomic mass is 10.1. The van der Waals surface area contributed by atoms with Gasteiger partial charge < -0.3 is 14.8 Å². The molecule has 0 unspecified atom stereocenters. The Kier molecular flexibility index (Phi) is 5.38. The summed E-state index contributed by atoms with van der Waals surface area (Å²) >= 11 is 1.30. The first-order valence-corrected chi connectivity index (χ1v) is 9.54. The summed E-state index contributed by atoms with van der Waals surface area (Å²) in [6.45, 7) is 0.581. The number of amides is 1. The molecule has 28 heavy (non-hydrogen) atoms. The molecule has 3 aromatic rings. The minimum absolute atomic E-state index is 0.129. The van der Waals surface area contributed by atoms with Crippen molar-refractivity contribution in [3.63, 3.8) is 0 Å². The summed E-state index contributed by atoms with van der Waals surface area (Å²) in [4.78, 5) is 12.0. The fraction of sp³-hybridized carbons (Fsp3) is 0.150. The third-order valence-corrected chi connectivity index (χ3v) is 4.98. The Morgan fingerprint density at radius 1 is 1.04 bits per heavy atom. The van der Waals surface area contributed by atoms with E-state index >= 15 is 0 Å². The van der Waals surface area contributed by atoms with Gasteiger partial charge in [0, 0.05) is 12.1 Å². The number of hydrogen-bond acceptors (Lipinski definition) is 6. The number of hydrogen-bond donors (Lipinski definition) is 1. The van der Waals surface area contributed by atoms with Gasteiger partial charge in [-0.25, -0.2) is 4.39 Å². The lowest BCUT2D eigenvalue weighted by molar-refractivity contribution is -0.118. The second-order valence-corrected chi connectivity index (χ2v) is 7.01. The van der Waals surface area contributed by atoms with Crippen LogP contribution in [0.5, 0.6) is 11.5 Å². The predicted octanol–water partition coefficient (Wildman–Crippen LogP) is 3.42. The van der Waals surface area contributed by atoms with Gasteiger partial charge in [-0.15, -0.1) is 10.2 Å². The van der Waals surface area contributed by atoms with Crippen molar-refractivity contribution in [2.24, 2.45) is 0 Å². The second kappa shape index (κ2) is 8.26. The Bertz CT molecular complexity index is 981. The van der Waals surface area contributed by atoms with Crippen LogP contribution in [0.3, 0.4) is 0 Å². The SMILES string of the molecule is O=C(CSc1ccc(-c2ccc3c(c2)OCO3)nn1)NCc1ccc(F)cc1. The van der Waals surface area contributed by atoms with Crippen LogP contribution in [-0.4, -0.2) is 28.7 Å². The van der Waals surface area contributed by atoms with E-state index in [2.05, 4.69) is 15.5 Å². The van der Waals surface area contributed by atoms with Crippen molar-refractivity contribution in [1.29, 1.82) is 0 Å². The summed E-state index contributed by atoms with van der Waals surface area (Å²) in [5.74, 6) is 1.20. The molecule has 0 saturated carbocycles. The Labute approximate surface area is 165 Å². The molecule has 0 radical (unpaired) electrons. The molecule has 0 bridgehead atoms. The van der Waals surface area contributed by atoms with Gasteiger partial charge in [0.1, 0.15) is 10.8 Å². The first-order valence-electron chi connectivity index (χ1n) is 8.55. The van der Waals surface area contributed by atoms with E-state index in [1.807, 2.05) is 30.3 Å².